The van der Waals surface area contributed by atoms with Crippen molar-refractivity contribution in [1.82, 2.24) is 19.8 Å². The fourth-order valence-corrected chi connectivity index (χ4v) is 8.85. The first-order chi connectivity index (χ1) is 22.2. The first-order valence-corrected chi connectivity index (χ1v) is 17.6. The van der Waals surface area contributed by atoms with E-state index >= 15 is 0 Å². The van der Waals surface area contributed by atoms with Crippen molar-refractivity contribution in [3.63, 3.8) is 0 Å². The maximum absolute atomic E-state index is 8.47. The molecular weight excluding hydrogens is 556 g/mol. The number of aromatic nitrogens is 2. The van der Waals surface area contributed by atoms with Crippen LogP contribution < -0.4 is 11.5 Å². The van der Waals surface area contributed by atoms with E-state index in [0.717, 1.165) is 34.9 Å². The van der Waals surface area contributed by atoms with Gasteiger partial charge in [-0.1, -0.05) is 78.4 Å². The van der Waals surface area contributed by atoms with E-state index in [1.165, 1.54) is 107 Å². The Hall–Kier alpha value is -2.90. The van der Waals surface area contributed by atoms with Crippen LogP contribution in [0.5, 0.6) is 0 Å². The molecule has 7 rings (SSSR count). The Balaban J connectivity index is 0.000000167. The number of nitrogens with zero attached hydrogens (tertiary/aromatic N) is 3. The van der Waals surface area contributed by atoms with Gasteiger partial charge in [-0.3, -0.25) is 0 Å². The number of nitrogens with one attached hydrogen (secondary N) is 1. The van der Waals surface area contributed by atoms with Crippen molar-refractivity contribution in [1.29, 1.82) is 0 Å². The third kappa shape index (κ3) is 6.66. The summed E-state index contributed by atoms with van der Waals surface area (Å²) in [7, 11) is 0. The van der Waals surface area contributed by atoms with Crippen LogP contribution in [0.3, 0.4) is 0 Å². The molecule has 2 saturated carbocycles. The number of hydrogen-bond donors (Lipinski definition) is 3. The second kappa shape index (κ2) is 14.3. The van der Waals surface area contributed by atoms with Gasteiger partial charge in [0.25, 0.3) is 0 Å². The normalized spacial score (nSPS) is 30.0. The summed E-state index contributed by atoms with van der Waals surface area (Å²) in [5.74, 6) is 3.34. The highest BCUT2D eigenvalue weighted by Crippen LogP contribution is 2.64. The molecule has 4 fully saturated rings. The second-order valence-corrected chi connectivity index (χ2v) is 14.6. The van der Waals surface area contributed by atoms with Crippen molar-refractivity contribution in [3.8, 4) is 0 Å². The predicted molar refractivity (Wildman–Crippen MR) is 188 cm³/mol. The number of rotatable bonds is 12. The molecule has 3 aromatic rings. The molecule has 7 nitrogen and oxygen atoms in total. The van der Waals surface area contributed by atoms with E-state index in [-0.39, 0.29) is 6.77 Å². The smallest absolute Gasteiger partial charge is 0.106 e. The van der Waals surface area contributed by atoms with Crippen LogP contribution >= 0.6 is 0 Å². The molecule has 0 radical (unpaired) electrons. The summed E-state index contributed by atoms with van der Waals surface area (Å²) >= 11 is 0. The van der Waals surface area contributed by atoms with Crippen LogP contribution in [0.15, 0.2) is 42.7 Å². The molecule has 2 saturated heterocycles. The van der Waals surface area contributed by atoms with E-state index in [0.29, 0.717) is 16.5 Å². The highest BCUT2D eigenvalue weighted by molar-refractivity contribution is 5.76. The molecule has 3 heterocycles. The van der Waals surface area contributed by atoms with Gasteiger partial charge in [0.1, 0.15) is 8.14 Å². The van der Waals surface area contributed by atoms with Gasteiger partial charge in [0, 0.05) is 37.0 Å². The van der Waals surface area contributed by atoms with E-state index in [1.54, 1.807) is 6.33 Å². The number of carbonyl (C=O) groups excluding carboxylic acids is 1. The van der Waals surface area contributed by atoms with E-state index in [2.05, 4.69) is 77.8 Å². The van der Waals surface area contributed by atoms with Crippen LogP contribution in [0.2, 0.25) is 0 Å². The van der Waals surface area contributed by atoms with Crippen molar-refractivity contribution in [2.24, 2.45) is 23.7 Å². The molecule has 2 aliphatic carbocycles. The fourth-order valence-electron chi connectivity index (χ4n) is 8.85. The topological polar surface area (TPSA) is 104 Å². The minimum absolute atomic E-state index is 0. The first-order valence-electron chi connectivity index (χ1n) is 18.2. The number of nitrogen functional groups attached to an aromatic ring is 2. The zero-order valence-corrected chi connectivity index (χ0v) is 28.2. The van der Waals surface area contributed by atoms with E-state index in [9.17, 15) is 0 Å². The average Bonchev–Trinajstić information content (AvgIpc) is 3.52. The molecule has 7 heteroatoms. The van der Waals surface area contributed by atoms with E-state index < -0.39 is 0 Å². The van der Waals surface area contributed by atoms with Gasteiger partial charge in [-0.25, -0.2) is 4.98 Å². The second-order valence-electron chi connectivity index (χ2n) is 14.6. The van der Waals surface area contributed by atoms with Gasteiger partial charge < -0.3 is 31.0 Å². The minimum atomic E-state index is 0. The number of benzene rings is 2. The lowest BCUT2D eigenvalue weighted by atomic mass is 9.91. The highest BCUT2D eigenvalue weighted by Gasteiger charge is 2.66. The Labute approximate surface area is 272 Å². The number of likely N-dealkylation sites (tertiary alicyclic amines) is 2. The fraction of sp³-hybridized carbons (Fsp3) is 0.632. The summed E-state index contributed by atoms with van der Waals surface area (Å²) in [5, 5.41) is 0. The predicted octanol–water partition coefficient (Wildman–Crippen LogP) is 7.03. The van der Waals surface area contributed by atoms with Crippen LogP contribution in [-0.2, 0) is 15.6 Å². The molecule has 0 amide bonds. The molecule has 1 aromatic heterocycles. The van der Waals surface area contributed by atoms with Crippen LogP contribution in [0.4, 0.5) is 11.4 Å². The Morgan fingerprint density at radius 2 is 1.29 bits per heavy atom. The van der Waals surface area contributed by atoms with Crippen LogP contribution in [0.25, 0.3) is 11.0 Å². The molecule has 2 aliphatic heterocycles. The number of H-pyrrole nitrogens is 1. The maximum atomic E-state index is 8.47. The van der Waals surface area contributed by atoms with Crippen LogP contribution in [0, 0.1) is 23.7 Å². The number of unbranched alkanes of at least 4 members (excludes halogenated alkanes) is 6. The largest absolute Gasteiger partial charge is 0.397 e. The summed E-state index contributed by atoms with van der Waals surface area (Å²) in [5.41, 5.74) is 19.1. The summed E-state index contributed by atoms with van der Waals surface area (Å²) < 4.78 is 5.53. The van der Waals surface area contributed by atoms with Crippen LogP contribution in [-0.4, -0.2) is 65.8 Å². The first kappa shape index (κ1) is 32.1. The van der Waals surface area contributed by atoms with Crippen molar-refractivity contribution >= 4 is 29.2 Å². The Morgan fingerprint density at radius 1 is 0.800 bits per heavy atom. The number of fused-ring (bicyclic) bond motifs is 3. The standard InChI is InChI=1S/C19H27N3.C18H29N3.CH2O/c1-3-4-5-6-9-22-11-15-16(12-22)19(15,2)14-7-8-17-18(10-14)21-13-20-17;1-3-4-5-6-9-21-11-14-15(12-21)18(14,2)13-7-8-16(19)17(20)10-13;1-2/h7-8,10,13,15-16H,3-6,9,11-12H2,1-2H3,(H,20,21);7-8,10,14-15H,3-6,9,11-12,19-20H2,1-2H3;1H2/i;;1D. The van der Waals surface area contributed by atoms with Gasteiger partial charge in [0.2, 0.25) is 0 Å². The molecular formula is C38H58N6O. The molecule has 4 atom stereocenters. The zero-order chi connectivity index (χ0) is 32.9. The van der Waals surface area contributed by atoms with Gasteiger partial charge in [-0.15, -0.1) is 0 Å². The number of carbonyl (C=O) groups is 1. The molecule has 5 N–H and O–H groups in total. The van der Waals surface area contributed by atoms with E-state index in [1.807, 2.05) is 6.07 Å². The Bertz CT molecular complexity index is 1420. The molecule has 2 aromatic carbocycles. The molecule has 4 aliphatic rings. The summed E-state index contributed by atoms with van der Waals surface area (Å²) in [6.45, 7) is 17.1. The SMILES string of the molecule is CCCCCCN1CC2C(C1)C2(C)c1ccc(N)c(N)c1.CCCCCCN1CC2C(C1)C2(C)c1ccc2nc[nH]c2c1.[2H]C=O. The Morgan fingerprint density at radius 3 is 1.78 bits per heavy atom. The Kier molecular flexibility index (Phi) is 10.2. The molecule has 45 heavy (non-hydrogen) atoms. The summed E-state index contributed by atoms with van der Waals surface area (Å²) in [6.07, 6.45) is 12.7. The molecule has 0 spiro atoms. The number of nitrogens with two attached hydrogens (primary N) is 2. The summed E-state index contributed by atoms with van der Waals surface area (Å²) in [6, 6.07) is 13.0. The van der Waals surface area contributed by atoms with Crippen molar-refractivity contribution < 1.29 is 6.17 Å². The highest BCUT2D eigenvalue weighted by atomic mass is 16.1. The minimum Gasteiger partial charge on any atom is -0.397 e. The summed E-state index contributed by atoms with van der Waals surface area (Å²) in [4.78, 5) is 21.4. The lowest BCUT2D eigenvalue weighted by Crippen LogP contribution is -2.29. The maximum Gasteiger partial charge on any atom is 0.106 e. The number of imidazole rings is 1. The van der Waals surface area contributed by atoms with Crippen molar-refractivity contribution in [2.75, 3.05) is 50.7 Å². The van der Waals surface area contributed by atoms with Gasteiger partial charge >= 0.3 is 0 Å². The van der Waals surface area contributed by atoms with Gasteiger partial charge in [0.15, 0.2) is 0 Å². The third-order valence-electron chi connectivity index (χ3n) is 12.1. The molecule has 246 valence electrons. The number of anilines is 2. The average molecular weight is 616 g/mol. The van der Waals surface area contributed by atoms with E-state index in [4.69, 9.17) is 17.6 Å². The number of hydrogen-bond acceptors (Lipinski definition) is 6. The van der Waals surface area contributed by atoms with Gasteiger partial charge in [-0.2, -0.15) is 0 Å². The molecule has 0 bridgehead atoms. The quantitative estimate of drug-likeness (QED) is 0.149. The monoisotopic (exact) mass is 615 g/mol. The lowest BCUT2D eigenvalue weighted by molar-refractivity contribution is -0.0980. The third-order valence-corrected chi connectivity index (χ3v) is 12.1. The molecule has 4 unspecified atom stereocenters. The lowest BCUT2D eigenvalue weighted by Gasteiger charge is -2.24. The van der Waals surface area contributed by atoms with Gasteiger partial charge in [-0.05, 0) is 85.0 Å². The van der Waals surface area contributed by atoms with Crippen molar-refractivity contribution in [3.05, 3.63) is 53.9 Å². The van der Waals surface area contributed by atoms with Crippen LogP contribution in [0.1, 0.15) is 91.6 Å². The number of aromatic amines is 1. The van der Waals surface area contributed by atoms with Gasteiger partial charge in [0.05, 0.1) is 28.7 Å². The zero-order valence-electron chi connectivity index (χ0n) is 29.2. The number of piperidine rings is 2. The van der Waals surface area contributed by atoms with Crippen molar-refractivity contribution in [2.45, 2.75) is 89.9 Å².